The van der Waals surface area contributed by atoms with E-state index in [9.17, 15) is 4.79 Å². The first kappa shape index (κ1) is 16.1. The lowest BCUT2D eigenvalue weighted by Gasteiger charge is -2.18. The highest BCUT2D eigenvalue weighted by atomic mass is 35.5. The first-order valence-corrected chi connectivity index (χ1v) is 7.23. The van der Waals surface area contributed by atoms with Crippen LogP contribution in [0.25, 0.3) is 0 Å². The van der Waals surface area contributed by atoms with Crippen molar-refractivity contribution in [3.63, 3.8) is 0 Å². The van der Waals surface area contributed by atoms with E-state index < -0.39 is 0 Å². The standard InChI is InChI=1S/C14H20Cl2N2O/c1-3-4-5-8-18(2)14(19)17-10-11-6-7-12(15)9-13(11)16/h6-7,9H,3-5,8,10H2,1-2H3,(H,17,19). The number of unbranched alkanes of at least 4 members (excludes halogenated alkanes) is 2. The van der Waals surface area contributed by atoms with Gasteiger partial charge in [0.1, 0.15) is 0 Å². The Bertz CT molecular complexity index is 424. The van der Waals surface area contributed by atoms with Gasteiger partial charge in [-0.05, 0) is 24.1 Å². The van der Waals surface area contributed by atoms with Crippen LogP contribution in [0.4, 0.5) is 4.79 Å². The zero-order valence-corrected chi connectivity index (χ0v) is 12.9. The molecule has 19 heavy (non-hydrogen) atoms. The van der Waals surface area contributed by atoms with Gasteiger partial charge in [-0.15, -0.1) is 0 Å². The van der Waals surface area contributed by atoms with Gasteiger partial charge in [-0.1, -0.05) is 49.0 Å². The third-order valence-electron chi connectivity index (χ3n) is 2.89. The van der Waals surface area contributed by atoms with Gasteiger partial charge in [-0.2, -0.15) is 0 Å². The maximum atomic E-state index is 11.8. The van der Waals surface area contributed by atoms with Crippen LogP contribution in [-0.4, -0.2) is 24.5 Å². The van der Waals surface area contributed by atoms with Gasteiger partial charge in [0.2, 0.25) is 0 Å². The summed E-state index contributed by atoms with van der Waals surface area (Å²) in [4.78, 5) is 13.5. The Morgan fingerprint density at radius 3 is 2.68 bits per heavy atom. The van der Waals surface area contributed by atoms with Crippen LogP contribution in [0.5, 0.6) is 0 Å². The minimum absolute atomic E-state index is 0.0814. The molecule has 0 bridgehead atoms. The molecular weight excluding hydrogens is 283 g/mol. The monoisotopic (exact) mass is 302 g/mol. The second-order valence-electron chi connectivity index (χ2n) is 4.52. The summed E-state index contributed by atoms with van der Waals surface area (Å²) in [6, 6.07) is 5.18. The molecular formula is C14H20Cl2N2O. The van der Waals surface area contributed by atoms with Crippen molar-refractivity contribution in [3.8, 4) is 0 Å². The molecule has 0 unspecified atom stereocenters. The lowest BCUT2D eigenvalue weighted by molar-refractivity contribution is 0.207. The first-order valence-electron chi connectivity index (χ1n) is 6.47. The number of hydrogen-bond donors (Lipinski definition) is 1. The molecule has 0 saturated heterocycles. The zero-order valence-electron chi connectivity index (χ0n) is 11.4. The molecule has 1 aromatic carbocycles. The van der Waals surface area contributed by atoms with Crippen LogP contribution >= 0.6 is 23.2 Å². The summed E-state index contributed by atoms with van der Waals surface area (Å²) in [7, 11) is 1.80. The van der Waals surface area contributed by atoms with Crippen molar-refractivity contribution in [1.82, 2.24) is 10.2 Å². The highest BCUT2D eigenvalue weighted by molar-refractivity contribution is 6.35. The van der Waals surface area contributed by atoms with E-state index in [0.29, 0.717) is 16.6 Å². The Balaban J connectivity index is 2.40. The molecule has 2 amide bonds. The second-order valence-corrected chi connectivity index (χ2v) is 5.37. The number of amides is 2. The summed E-state index contributed by atoms with van der Waals surface area (Å²) >= 11 is 11.9. The number of hydrogen-bond acceptors (Lipinski definition) is 1. The van der Waals surface area contributed by atoms with Crippen LogP contribution in [-0.2, 0) is 6.54 Å². The molecule has 3 nitrogen and oxygen atoms in total. The molecule has 0 saturated carbocycles. The Labute approximate surface area is 124 Å². The van der Waals surface area contributed by atoms with Gasteiger partial charge >= 0.3 is 6.03 Å². The minimum Gasteiger partial charge on any atom is -0.334 e. The molecule has 1 rings (SSSR count). The molecule has 106 valence electrons. The number of benzene rings is 1. The molecule has 0 fully saturated rings. The molecule has 1 N–H and O–H groups in total. The molecule has 0 spiro atoms. The summed E-state index contributed by atoms with van der Waals surface area (Å²) in [5.74, 6) is 0. The van der Waals surface area contributed by atoms with E-state index in [1.807, 2.05) is 6.07 Å². The van der Waals surface area contributed by atoms with Gasteiger partial charge in [-0.25, -0.2) is 4.79 Å². The minimum atomic E-state index is -0.0814. The summed E-state index contributed by atoms with van der Waals surface area (Å²) in [5, 5.41) is 4.01. The van der Waals surface area contributed by atoms with Crippen molar-refractivity contribution in [2.75, 3.05) is 13.6 Å². The van der Waals surface area contributed by atoms with Crippen LogP contribution < -0.4 is 5.32 Å². The predicted octanol–water partition coefficient (Wildman–Crippen LogP) is 4.33. The van der Waals surface area contributed by atoms with Crippen molar-refractivity contribution in [2.24, 2.45) is 0 Å². The zero-order chi connectivity index (χ0) is 14.3. The van der Waals surface area contributed by atoms with Crippen LogP contribution in [0.3, 0.4) is 0 Å². The number of nitrogens with one attached hydrogen (secondary N) is 1. The van der Waals surface area contributed by atoms with Crippen molar-refractivity contribution >= 4 is 29.2 Å². The van der Waals surface area contributed by atoms with Crippen LogP contribution in [0.2, 0.25) is 10.0 Å². The number of carbonyl (C=O) groups excluding carboxylic acids is 1. The van der Waals surface area contributed by atoms with Crippen molar-refractivity contribution in [1.29, 1.82) is 0 Å². The molecule has 0 aromatic heterocycles. The molecule has 0 aliphatic heterocycles. The van der Waals surface area contributed by atoms with Crippen LogP contribution in [0, 0.1) is 0 Å². The molecule has 0 radical (unpaired) electrons. The molecule has 0 atom stereocenters. The molecule has 0 heterocycles. The van der Waals surface area contributed by atoms with Crippen LogP contribution in [0.15, 0.2) is 18.2 Å². The van der Waals surface area contributed by atoms with E-state index in [0.717, 1.165) is 31.4 Å². The average molecular weight is 303 g/mol. The summed E-state index contributed by atoms with van der Waals surface area (Å²) in [5.41, 5.74) is 0.862. The van der Waals surface area contributed by atoms with Crippen molar-refractivity contribution in [3.05, 3.63) is 33.8 Å². The Morgan fingerprint density at radius 1 is 1.32 bits per heavy atom. The van der Waals surface area contributed by atoms with E-state index in [2.05, 4.69) is 12.2 Å². The van der Waals surface area contributed by atoms with Gasteiger partial charge in [0, 0.05) is 30.2 Å². The average Bonchev–Trinajstić information content (AvgIpc) is 2.37. The molecule has 5 heteroatoms. The SMILES string of the molecule is CCCCCN(C)C(=O)NCc1ccc(Cl)cc1Cl. The highest BCUT2D eigenvalue weighted by Crippen LogP contribution is 2.20. The quantitative estimate of drug-likeness (QED) is 0.780. The number of urea groups is 1. The molecule has 0 aliphatic carbocycles. The van der Waals surface area contributed by atoms with E-state index in [1.54, 1.807) is 24.1 Å². The van der Waals surface area contributed by atoms with Gasteiger partial charge < -0.3 is 10.2 Å². The van der Waals surface area contributed by atoms with E-state index in [4.69, 9.17) is 23.2 Å². The lowest BCUT2D eigenvalue weighted by atomic mass is 10.2. The van der Waals surface area contributed by atoms with Crippen molar-refractivity contribution in [2.45, 2.75) is 32.7 Å². The predicted molar refractivity (Wildman–Crippen MR) is 80.9 cm³/mol. The fraction of sp³-hybridized carbons (Fsp3) is 0.500. The topological polar surface area (TPSA) is 32.3 Å². The number of rotatable bonds is 6. The maximum Gasteiger partial charge on any atom is 0.317 e. The Hall–Kier alpha value is -0.930. The Morgan fingerprint density at radius 2 is 2.05 bits per heavy atom. The van der Waals surface area contributed by atoms with E-state index >= 15 is 0 Å². The van der Waals surface area contributed by atoms with E-state index in [-0.39, 0.29) is 6.03 Å². The fourth-order valence-corrected chi connectivity index (χ4v) is 2.15. The largest absolute Gasteiger partial charge is 0.334 e. The highest BCUT2D eigenvalue weighted by Gasteiger charge is 2.08. The third kappa shape index (κ3) is 5.70. The normalized spacial score (nSPS) is 10.3. The summed E-state index contributed by atoms with van der Waals surface area (Å²) in [6.45, 7) is 3.32. The lowest BCUT2D eigenvalue weighted by Crippen LogP contribution is -2.37. The van der Waals surface area contributed by atoms with Gasteiger partial charge in [0.25, 0.3) is 0 Å². The van der Waals surface area contributed by atoms with E-state index in [1.165, 1.54) is 0 Å². The Kier molecular flexibility index (Phi) is 7.03. The summed E-state index contributed by atoms with van der Waals surface area (Å²) < 4.78 is 0. The fourth-order valence-electron chi connectivity index (χ4n) is 1.67. The van der Waals surface area contributed by atoms with Gasteiger partial charge in [0.15, 0.2) is 0 Å². The smallest absolute Gasteiger partial charge is 0.317 e. The van der Waals surface area contributed by atoms with Gasteiger partial charge in [-0.3, -0.25) is 0 Å². The summed E-state index contributed by atoms with van der Waals surface area (Å²) in [6.07, 6.45) is 3.32. The van der Waals surface area contributed by atoms with Gasteiger partial charge in [0.05, 0.1) is 0 Å². The number of halogens is 2. The molecule has 0 aliphatic rings. The van der Waals surface area contributed by atoms with Crippen molar-refractivity contribution < 1.29 is 4.79 Å². The molecule has 1 aromatic rings. The third-order valence-corrected chi connectivity index (χ3v) is 3.48. The maximum absolute atomic E-state index is 11.8. The van der Waals surface area contributed by atoms with Crippen LogP contribution in [0.1, 0.15) is 31.7 Å². The first-order chi connectivity index (χ1) is 9.04. The second kappa shape index (κ2) is 8.28. The number of carbonyl (C=O) groups is 1. The number of nitrogens with zero attached hydrogens (tertiary/aromatic N) is 1.